The molecular formula is C14H17N7O2. The highest BCUT2D eigenvalue weighted by atomic mass is 16.5. The maximum absolute atomic E-state index is 12.5. The van der Waals surface area contributed by atoms with Crippen molar-refractivity contribution in [1.82, 2.24) is 34.7 Å². The van der Waals surface area contributed by atoms with Crippen molar-refractivity contribution in [3.05, 3.63) is 41.7 Å². The maximum Gasteiger partial charge on any atom is 0.290 e. The molecule has 0 unspecified atom stereocenters. The van der Waals surface area contributed by atoms with Crippen LogP contribution in [0.5, 0.6) is 0 Å². The minimum atomic E-state index is -0.355. The predicted octanol–water partition coefficient (Wildman–Crippen LogP) is 0.284. The molecule has 3 aromatic rings. The van der Waals surface area contributed by atoms with Crippen molar-refractivity contribution in [3.8, 4) is 0 Å². The van der Waals surface area contributed by atoms with Crippen molar-refractivity contribution in [3.63, 3.8) is 0 Å². The lowest BCUT2D eigenvalue weighted by molar-refractivity contribution is 0.0880. The zero-order chi connectivity index (χ0) is 16.4. The fourth-order valence-corrected chi connectivity index (χ4v) is 2.35. The van der Waals surface area contributed by atoms with Gasteiger partial charge in [-0.15, -0.1) is 10.2 Å². The Labute approximate surface area is 132 Å². The monoisotopic (exact) mass is 315 g/mol. The highest BCUT2D eigenvalue weighted by molar-refractivity contribution is 5.91. The molecule has 1 N–H and O–H groups in total. The first kappa shape index (κ1) is 15.1. The highest BCUT2D eigenvalue weighted by Gasteiger charge is 2.22. The van der Waals surface area contributed by atoms with Gasteiger partial charge in [-0.1, -0.05) is 0 Å². The molecule has 0 aromatic carbocycles. The van der Waals surface area contributed by atoms with Gasteiger partial charge in [0.1, 0.15) is 0 Å². The van der Waals surface area contributed by atoms with Crippen LogP contribution in [-0.4, -0.2) is 49.0 Å². The molecule has 9 nitrogen and oxygen atoms in total. The summed E-state index contributed by atoms with van der Waals surface area (Å²) in [5.41, 5.74) is 1.65. The van der Waals surface area contributed by atoms with Crippen LogP contribution in [0.4, 0.5) is 0 Å². The summed E-state index contributed by atoms with van der Waals surface area (Å²) >= 11 is 0. The number of aromatic nitrogens is 6. The third-order valence-corrected chi connectivity index (χ3v) is 3.48. The minimum absolute atomic E-state index is 0.177. The van der Waals surface area contributed by atoms with Gasteiger partial charge in [0.2, 0.25) is 5.82 Å². The first-order chi connectivity index (χ1) is 11.1. The summed E-state index contributed by atoms with van der Waals surface area (Å²) < 4.78 is 8.44. The van der Waals surface area contributed by atoms with E-state index in [1.807, 2.05) is 20.0 Å². The highest BCUT2D eigenvalue weighted by Crippen LogP contribution is 2.13. The Morgan fingerprint density at radius 1 is 1.39 bits per heavy atom. The van der Waals surface area contributed by atoms with Gasteiger partial charge < -0.3 is 10.1 Å². The number of carbonyl (C=O) groups is 1. The Kier molecular flexibility index (Phi) is 4.02. The first-order valence-electron chi connectivity index (χ1n) is 7.06. The van der Waals surface area contributed by atoms with E-state index in [0.29, 0.717) is 12.4 Å². The zero-order valence-electron chi connectivity index (χ0n) is 13.1. The van der Waals surface area contributed by atoms with Crippen molar-refractivity contribution in [1.29, 1.82) is 0 Å². The molecule has 0 spiro atoms. The topological polar surface area (TPSA) is 99.2 Å². The summed E-state index contributed by atoms with van der Waals surface area (Å²) in [7, 11) is 3.39. The Balaban J connectivity index is 1.87. The molecule has 0 aliphatic carbocycles. The molecule has 1 amide bonds. The van der Waals surface area contributed by atoms with Gasteiger partial charge in [0, 0.05) is 32.2 Å². The van der Waals surface area contributed by atoms with Crippen LogP contribution in [-0.2, 0) is 11.8 Å². The quantitative estimate of drug-likeness (QED) is 0.726. The number of hydrogen-bond acceptors (Lipinski definition) is 6. The number of ether oxygens (including phenoxy) is 1. The molecule has 0 aliphatic rings. The van der Waals surface area contributed by atoms with Gasteiger partial charge in [-0.3, -0.25) is 13.9 Å². The summed E-state index contributed by atoms with van der Waals surface area (Å²) in [5.74, 6) is 0.209. The third kappa shape index (κ3) is 2.90. The second kappa shape index (κ2) is 6.13. The summed E-state index contributed by atoms with van der Waals surface area (Å²) in [5, 5.41) is 14.9. The van der Waals surface area contributed by atoms with Crippen LogP contribution in [0, 0.1) is 6.92 Å². The van der Waals surface area contributed by atoms with E-state index in [9.17, 15) is 4.79 Å². The SMILES string of the molecule is COC[C@@H](NC(=O)c1nnc2nc(C)ccn12)c1ccnn1C. The molecule has 3 rings (SSSR count). The Bertz CT molecular complexity index is 839. The van der Waals surface area contributed by atoms with E-state index in [-0.39, 0.29) is 17.8 Å². The van der Waals surface area contributed by atoms with Crippen molar-refractivity contribution >= 4 is 11.7 Å². The van der Waals surface area contributed by atoms with Gasteiger partial charge in [-0.2, -0.15) is 5.10 Å². The zero-order valence-corrected chi connectivity index (χ0v) is 13.1. The van der Waals surface area contributed by atoms with Crippen molar-refractivity contribution in [2.24, 2.45) is 7.05 Å². The number of carbonyl (C=O) groups excluding carboxylic acids is 1. The summed E-state index contributed by atoms with van der Waals surface area (Å²) in [6, 6.07) is 3.28. The lowest BCUT2D eigenvalue weighted by Crippen LogP contribution is -2.33. The number of methoxy groups -OCH3 is 1. The van der Waals surface area contributed by atoms with E-state index in [0.717, 1.165) is 11.4 Å². The normalized spacial score (nSPS) is 12.5. The van der Waals surface area contributed by atoms with Gasteiger partial charge in [-0.25, -0.2) is 4.98 Å². The summed E-state index contributed by atoms with van der Waals surface area (Å²) in [4.78, 5) is 16.8. The predicted molar refractivity (Wildman–Crippen MR) is 80.8 cm³/mol. The molecule has 0 aliphatic heterocycles. The number of hydrogen-bond donors (Lipinski definition) is 1. The minimum Gasteiger partial charge on any atom is -0.382 e. The van der Waals surface area contributed by atoms with Gasteiger partial charge in [-0.05, 0) is 19.1 Å². The molecule has 0 bridgehead atoms. The summed E-state index contributed by atoms with van der Waals surface area (Å²) in [6.07, 6.45) is 3.39. The van der Waals surface area contributed by atoms with E-state index in [1.165, 1.54) is 0 Å². The van der Waals surface area contributed by atoms with E-state index in [1.54, 1.807) is 34.7 Å². The van der Waals surface area contributed by atoms with E-state index < -0.39 is 0 Å². The number of rotatable bonds is 5. The van der Waals surface area contributed by atoms with Crippen LogP contribution in [0.25, 0.3) is 5.78 Å². The molecule has 1 atom stereocenters. The van der Waals surface area contributed by atoms with Crippen LogP contribution in [0.3, 0.4) is 0 Å². The largest absolute Gasteiger partial charge is 0.382 e. The summed E-state index contributed by atoms with van der Waals surface area (Å²) in [6.45, 7) is 2.17. The first-order valence-corrected chi connectivity index (χ1v) is 7.06. The molecule has 0 radical (unpaired) electrons. The smallest absolute Gasteiger partial charge is 0.290 e. The number of nitrogens with zero attached hydrogens (tertiary/aromatic N) is 6. The Hall–Kier alpha value is -2.81. The molecular weight excluding hydrogens is 298 g/mol. The van der Waals surface area contributed by atoms with Crippen LogP contribution < -0.4 is 5.32 Å². The van der Waals surface area contributed by atoms with E-state index in [2.05, 4.69) is 25.6 Å². The number of fused-ring (bicyclic) bond motifs is 1. The second-order valence-corrected chi connectivity index (χ2v) is 5.12. The van der Waals surface area contributed by atoms with Crippen molar-refractivity contribution in [2.45, 2.75) is 13.0 Å². The van der Waals surface area contributed by atoms with Gasteiger partial charge >= 0.3 is 0 Å². The van der Waals surface area contributed by atoms with Crippen molar-refractivity contribution < 1.29 is 9.53 Å². The Morgan fingerprint density at radius 3 is 2.91 bits per heavy atom. The second-order valence-electron chi connectivity index (χ2n) is 5.12. The number of amides is 1. The molecule has 0 saturated heterocycles. The lowest BCUT2D eigenvalue weighted by atomic mass is 10.2. The van der Waals surface area contributed by atoms with Gasteiger partial charge in [0.05, 0.1) is 18.3 Å². The van der Waals surface area contributed by atoms with Gasteiger partial charge in [0.15, 0.2) is 0 Å². The Morgan fingerprint density at radius 2 is 2.22 bits per heavy atom. The van der Waals surface area contributed by atoms with Crippen LogP contribution in [0.1, 0.15) is 28.0 Å². The average Bonchev–Trinajstić information content (AvgIpc) is 3.12. The molecule has 0 saturated carbocycles. The third-order valence-electron chi connectivity index (χ3n) is 3.48. The lowest BCUT2D eigenvalue weighted by Gasteiger charge is -2.17. The average molecular weight is 315 g/mol. The molecule has 9 heteroatoms. The standard InChI is InChI=1S/C14H17N7O2/c1-9-5-7-21-12(18-19-14(21)16-9)13(22)17-10(8-23-3)11-4-6-15-20(11)2/h4-7,10H,8H2,1-3H3,(H,17,22)/t10-/m1/s1. The van der Waals surface area contributed by atoms with E-state index in [4.69, 9.17) is 4.74 Å². The molecule has 120 valence electrons. The maximum atomic E-state index is 12.5. The van der Waals surface area contributed by atoms with Crippen molar-refractivity contribution in [2.75, 3.05) is 13.7 Å². The fraction of sp³-hybridized carbons (Fsp3) is 0.357. The molecule has 23 heavy (non-hydrogen) atoms. The van der Waals surface area contributed by atoms with Crippen LogP contribution in [0.2, 0.25) is 0 Å². The van der Waals surface area contributed by atoms with Crippen LogP contribution >= 0.6 is 0 Å². The van der Waals surface area contributed by atoms with Gasteiger partial charge in [0.25, 0.3) is 11.7 Å². The molecule has 0 fully saturated rings. The fourth-order valence-electron chi connectivity index (χ4n) is 2.35. The molecule has 3 aromatic heterocycles. The number of nitrogens with one attached hydrogen (secondary N) is 1. The van der Waals surface area contributed by atoms with Crippen LogP contribution in [0.15, 0.2) is 24.5 Å². The molecule has 3 heterocycles. The number of aryl methyl sites for hydroxylation is 2. The van der Waals surface area contributed by atoms with E-state index >= 15 is 0 Å².